The summed E-state index contributed by atoms with van der Waals surface area (Å²) in [5, 5.41) is 0. The summed E-state index contributed by atoms with van der Waals surface area (Å²) in [6.45, 7) is 0.524. The number of rotatable bonds is 9. The predicted molar refractivity (Wildman–Crippen MR) is 57.5 cm³/mol. The van der Waals surface area contributed by atoms with Crippen molar-refractivity contribution >= 4 is 0 Å². The Hall–Kier alpha value is 0. The molecule has 0 aliphatic heterocycles. The maximum atomic E-state index is 7.06. The Kier molecular flexibility index (Phi) is 6.79. The highest BCUT2D eigenvalue weighted by molar-refractivity contribution is 4.45. The molecule has 0 atom stereocenters. The molecule has 0 rings (SSSR count). The third kappa shape index (κ3) is 10.0. The molecule has 74 valence electrons. The van der Waals surface area contributed by atoms with Gasteiger partial charge >= 0.3 is 0 Å². The van der Waals surface area contributed by atoms with Crippen LogP contribution in [-0.2, 0) is 0 Å². The average Bonchev–Trinajstić information content (AvgIpc) is 2.14. The summed E-state index contributed by atoms with van der Waals surface area (Å²) in [5.74, 6) is 0. The molecule has 0 radical (unpaired) electrons. The molecule has 0 fully saturated rings. The molecule has 0 aliphatic carbocycles. The monoisotopic (exact) mass is 173 g/mol. The lowest BCUT2D eigenvalue weighted by Crippen LogP contribution is -1.80. The van der Waals surface area contributed by atoms with E-state index in [4.69, 9.17) is 4.11 Å². The summed E-state index contributed by atoms with van der Waals surface area (Å²) < 4.78 is 21.2. The smallest absolute Gasteiger partial charge is 0.0230 e. The molecule has 0 bridgehead atoms. The third-order valence-electron chi connectivity index (χ3n) is 2.28. The van der Waals surface area contributed by atoms with Crippen molar-refractivity contribution in [2.75, 3.05) is 0 Å². The van der Waals surface area contributed by atoms with Crippen LogP contribution < -0.4 is 0 Å². The lowest BCUT2D eigenvalue weighted by molar-refractivity contribution is 0.562. The minimum Gasteiger partial charge on any atom is -0.0654 e. The molecule has 0 saturated carbocycles. The van der Waals surface area contributed by atoms with E-state index in [9.17, 15) is 0 Å². The topological polar surface area (TPSA) is 0 Å². The standard InChI is InChI=1S/C12H26/c1-3-5-7-9-11-12-10-8-6-4-2/h3-12H2,1-2H3/i1D3. The fourth-order valence-electron chi connectivity index (χ4n) is 1.44. The van der Waals surface area contributed by atoms with Crippen LogP contribution in [0.1, 0.15) is 82.1 Å². The molecule has 0 heteroatoms. The molecule has 0 aromatic carbocycles. The SMILES string of the molecule is [2H]C([2H])([2H])CCCCCCCCCCC. The van der Waals surface area contributed by atoms with Gasteiger partial charge in [-0.05, 0) is 0 Å². The quantitative estimate of drug-likeness (QED) is 0.434. The van der Waals surface area contributed by atoms with Gasteiger partial charge in [-0.25, -0.2) is 0 Å². The Morgan fingerprint density at radius 3 is 1.50 bits per heavy atom. The number of hydrogen-bond acceptors (Lipinski definition) is 0. The van der Waals surface area contributed by atoms with E-state index in [1.54, 1.807) is 0 Å². The van der Waals surface area contributed by atoms with E-state index in [0.29, 0.717) is 6.42 Å². The first-order chi connectivity index (χ1) is 7.06. The first-order valence-corrected chi connectivity index (χ1v) is 5.56. The minimum atomic E-state index is -1.71. The highest BCUT2D eigenvalue weighted by atomic mass is 14.0. The Bertz CT molecular complexity index is 129. The first kappa shape index (κ1) is 7.41. The summed E-state index contributed by atoms with van der Waals surface area (Å²) in [5.41, 5.74) is 0. The first-order valence-electron chi connectivity index (χ1n) is 7.06. The molecule has 0 amide bonds. The van der Waals surface area contributed by atoms with Crippen LogP contribution in [0.15, 0.2) is 0 Å². The minimum absolute atomic E-state index is 0.392. The van der Waals surface area contributed by atoms with Gasteiger partial charge in [-0.15, -0.1) is 0 Å². The lowest BCUT2D eigenvalue weighted by atomic mass is 10.1. The van der Waals surface area contributed by atoms with Crippen LogP contribution >= 0.6 is 0 Å². The van der Waals surface area contributed by atoms with Crippen LogP contribution in [0.25, 0.3) is 0 Å². The van der Waals surface area contributed by atoms with Crippen LogP contribution in [0, 0.1) is 0 Å². The lowest BCUT2D eigenvalue weighted by Gasteiger charge is -1.99. The van der Waals surface area contributed by atoms with E-state index in [-0.39, 0.29) is 0 Å². The molecule has 0 saturated heterocycles. The fraction of sp³-hybridized carbons (Fsp3) is 1.00. The summed E-state index contributed by atoms with van der Waals surface area (Å²) in [4.78, 5) is 0. The second-order valence-corrected chi connectivity index (χ2v) is 3.58. The Labute approximate surface area is 83.0 Å². The summed E-state index contributed by atoms with van der Waals surface area (Å²) >= 11 is 0. The maximum absolute atomic E-state index is 7.06. The number of hydrogen-bond donors (Lipinski definition) is 0. The van der Waals surface area contributed by atoms with E-state index in [1.165, 1.54) is 44.9 Å². The third-order valence-corrected chi connectivity index (χ3v) is 2.28. The second kappa shape index (κ2) is 11.0. The van der Waals surface area contributed by atoms with Crippen LogP contribution in [0.2, 0.25) is 0 Å². The van der Waals surface area contributed by atoms with E-state index in [0.717, 1.165) is 12.8 Å². The van der Waals surface area contributed by atoms with Crippen LogP contribution in [0.5, 0.6) is 0 Å². The van der Waals surface area contributed by atoms with Gasteiger partial charge in [0.05, 0.1) is 0 Å². The molecular formula is C12H26. The zero-order chi connectivity index (χ0) is 11.6. The molecule has 12 heavy (non-hydrogen) atoms. The van der Waals surface area contributed by atoms with Crippen LogP contribution in [-0.4, -0.2) is 0 Å². The van der Waals surface area contributed by atoms with Crippen molar-refractivity contribution in [3.8, 4) is 0 Å². The largest absolute Gasteiger partial charge is 0.0654 e. The molecular weight excluding hydrogens is 144 g/mol. The van der Waals surface area contributed by atoms with Crippen LogP contribution in [0.4, 0.5) is 0 Å². The van der Waals surface area contributed by atoms with Crippen molar-refractivity contribution < 1.29 is 4.11 Å². The van der Waals surface area contributed by atoms with Gasteiger partial charge in [0.25, 0.3) is 0 Å². The Morgan fingerprint density at radius 2 is 1.08 bits per heavy atom. The van der Waals surface area contributed by atoms with Crippen LogP contribution in [0.3, 0.4) is 0 Å². The van der Waals surface area contributed by atoms with Crippen molar-refractivity contribution in [1.82, 2.24) is 0 Å². The zero-order valence-corrected chi connectivity index (χ0v) is 8.57. The molecule has 0 aromatic rings. The summed E-state index contributed by atoms with van der Waals surface area (Å²) in [6.07, 6.45) is 11.6. The molecule has 0 spiro atoms. The fourth-order valence-corrected chi connectivity index (χ4v) is 1.44. The van der Waals surface area contributed by atoms with Crippen molar-refractivity contribution in [2.24, 2.45) is 0 Å². The van der Waals surface area contributed by atoms with Gasteiger partial charge in [0, 0.05) is 4.11 Å². The van der Waals surface area contributed by atoms with Gasteiger partial charge in [-0.1, -0.05) is 78.0 Å². The highest BCUT2D eigenvalue weighted by Crippen LogP contribution is 2.09. The summed E-state index contributed by atoms with van der Waals surface area (Å²) in [6, 6.07) is 0. The van der Waals surface area contributed by atoms with Gasteiger partial charge in [0.1, 0.15) is 0 Å². The zero-order valence-electron chi connectivity index (χ0n) is 11.6. The number of unbranched alkanes of at least 4 members (excludes halogenated alkanes) is 8. The maximum Gasteiger partial charge on any atom is 0.0230 e. The van der Waals surface area contributed by atoms with Gasteiger partial charge < -0.3 is 0 Å². The Morgan fingerprint density at radius 1 is 0.667 bits per heavy atom. The average molecular weight is 173 g/mol. The molecule has 0 aliphatic rings. The van der Waals surface area contributed by atoms with Gasteiger partial charge in [-0.2, -0.15) is 0 Å². The van der Waals surface area contributed by atoms with E-state index < -0.39 is 6.85 Å². The van der Waals surface area contributed by atoms with E-state index >= 15 is 0 Å². The summed E-state index contributed by atoms with van der Waals surface area (Å²) in [7, 11) is 0. The van der Waals surface area contributed by atoms with Crippen molar-refractivity contribution in [3.63, 3.8) is 0 Å². The van der Waals surface area contributed by atoms with Crippen molar-refractivity contribution in [1.29, 1.82) is 0 Å². The van der Waals surface area contributed by atoms with Gasteiger partial charge in [0.15, 0.2) is 0 Å². The van der Waals surface area contributed by atoms with Gasteiger partial charge in [-0.3, -0.25) is 0 Å². The van der Waals surface area contributed by atoms with Crippen molar-refractivity contribution in [3.05, 3.63) is 0 Å². The molecule has 0 N–H and O–H groups in total. The molecule has 0 unspecified atom stereocenters. The van der Waals surface area contributed by atoms with Crippen molar-refractivity contribution in [2.45, 2.75) is 78.0 Å². The van der Waals surface area contributed by atoms with Gasteiger partial charge in [0.2, 0.25) is 0 Å². The highest BCUT2D eigenvalue weighted by Gasteiger charge is 1.90. The normalized spacial score (nSPS) is 15.2. The van der Waals surface area contributed by atoms with E-state index in [1.807, 2.05) is 0 Å². The predicted octanol–water partition coefficient (Wildman–Crippen LogP) is 4.93. The Balaban J connectivity index is 2.99. The second-order valence-electron chi connectivity index (χ2n) is 3.58. The molecule has 0 aromatic heterocycles. The molecule has 0 nitrogen and oxygen atoms in total. The molecule has 0 heterocycles. The van der Waals surface area contributed by atoms with E-state index in [2.05, 4.69) is 6.92 Å².